The van der Waals surface area contributed by atoms with Crippen LogP contribution in [0.25, 0.3) is 0 Å². The van der Waals surface area contributed by atoms with E-state index in [2.05, 4.69) is 26.0 Å². The number of anilines is 1. The Balaban J connectivity index is 2.25. The van der Waals surface area contributed by atoms with Gasteiger partial charge in [-0.25, -0.2) is 0 Å². The lowest BCUT2D eigenvalue weighted by molar-refractivity contribution is 0.0391. The van der Waals surface area contributed by atoms with Gasteiger partial charge in [0.15, 0.2) is 0 Å². The lowest BCUT2D eigenvalue weighted by Gasteiger charge is -2.31. The number of ether oxygens (including phenoxy) is 1. The van der Waals surface area contributed by atoms with Crippen LogP contribution in [0.5, 0.6) is 0 Å². The van der Waals surface area contributed by atoms with Crippen LogP contribution in [0, 0.1) is 0 Å². The molecule has 0 radical (unpaired) electrons. The van der Waals surface area contributed by atoms with Crippen LogP contribution >= 0.6 is 0 Å². The lowest BCUT2D eigenvalue weighted by atomic mass is 9.79. The first kappa shape index (κ1) is 12.4. The van der Waals surface area contributed by atoms with Crippen molar-refractivity contribution < 1.29 is 4.74 Å². The van der Waals surface area contributed by atoms with Crippen LogP contribution in [0.4, 0.5) is 5.69 Å². The van der Waals surface area contributed by atoms with Crippen molar-refractivity contribution >= 4 is 5.69 Å². The normalized spacial score (nSPS) is 18.8. The van der Waals surface area contributed by atoms with Crippen molar-refractivity contribution in [1.82, 2.24) is 0 Å². The van der Waals surface area contributed by atoms with Gasteiger partial charge in [0.05, 0.1) is 12.7 Å². The second-order valence-corrected chi connectivity index (χ2v) is 5.43. The van der Waals surface area contributed by atoms with E-state index in [1.165, 1.54) is 31.2 Å². The third-order valence-electron chi connectivity index (χ3n) is 3.79. The highest BCUT2D eigenvalue weighted by molar-refractivity contribution is 5.51. The Morgan fingerprint density at radius 3 is 2.47 bits per heavy atom. The lowest BCUT2D eigenvalue weighted by Crippen LogP contribution is -2.31. The molecule has 0 unspecified atom stereocenters. The molecule has 2 N–H and O–H groups in total. The zero-order valence-corrected chi connectivity index (χ0v) is 10.9. The first-order chi connectivity index (χ1) is 8.14. The van der Waals surface area contributed by atoms with E-state index in [0.717, 1.165) is 12.3 Å². The van der Waals surface area contributed by atoms with Crippen molar-refractivity contribution in [3.8, 4) is 0 Å². The molecule has 94 valence electrons. The summed E-state index contributed by atoms with van der Waals surface area (Å²) < 4.78 is 5.88. The molecule has 0 aromatic heterocycles. The Morgan fingerprint density at radius 2 is 1.88 bits per heavy atom. The van der Waals surface area contributed by atoms with Crippen molar-refractivity contribution in [1.29, 1.82) is 0 Å². The van der Waals surface area contributed by atoms with Crippen LogP contribution < -0.4 is 5.73 Å². The minimum Gasteiger partial charge on any atom is -0.398 e. The second-order valence-electron chi connectivity index (χ2n) is 5.43. The van der Waals surface area contributed by atoms with Crippen molar-refractivity contribution in [2.45, 2.75) is 51.0 Å². The Morgan fingerprint density at radius 1 is 1.24 bits per heavy atom. The van der Waals surface area contributed by atoms with Crippen molar-refractivity contribution in [3.63, 3.8) is 0 Å². The maximum Gasteiger partial charge on any atom is 0.0567 e. The van der Waals surface area contributed by atoms with Gasteiger partial charge < -0.3 is 10.5 Å². The molecule has 0 bridgehead atoms. The number of para-hydroxylation sites is 1. The predicted octanol–water partition coefficient (Wildman–Crippen LogP) is 3.51. The van der Waals surface area contributed by atoms with Crippen molar-refractivity contribution in [2.75, 3.05) is 12.3 Å². The molecule has 0 spiro atoms. The molecular formula is C15H23NO. The van der Waals surface area contributed by atoms with Crippen LogP contribution in [-0.2, 0) is 10.2 Å². The summed E-state index contributed by atoms with van der Waals surface area (Å²) in [6, 6.07) is 8.26. The molecule has 1 saturated carbocycles. The summed E-state index contributed by atoms with van der Waals surface area (Å²) in [5.41, 5.74) is 8.51. The Kier molecular flexibility index (Phi) is 3.72. The van der Waals surface area contributed by atoms with Crippen LogP contribution in [0.3, 0.4) is 0 Å². The van der Waals surface area contributed by atoms with Gasteiger partial charge in [0.25, 0.3) is 0 Å². The van der Waals surface area contributed by atoms with Crippen LogP contribution in [-0.4, -0.2) is 12.7 Å². The third kappa shape index (κ3) is 2.63. The maximum absolute atomic E-state index is 6.14. The van der Waals surface area contributed by atoms with Gasteiger partial charge in [0.1, 0.15) is 0 Å². The van der Waals surface area contributed by atoms with E-state index >= 15 is 0 Å². The number of hydrogen-bond donors (Lipinski definition) is 1. The molecule has 1 aromatic carbocycles. The van der Waals surface area contributed by atoms with E-state index in [1.54, 1.807) is 0 Å². The summed E-state index contributed by atoms with van der Waals surface area (Å²) in [4.78, 5) is 0. The Hall–Kier alpha value is -1.02. The smallest absolute Gasteiger partial charge is 0.0567 e. The minimum absolute atomic E-state index is 0.162. The van der Waals surface area contributed by atoms with Gasteiger partial charge in [-0.1, -0.05) is 31.0 Å². The van der Waals surface area contributed by atoms with Crippen LogP contribution in [0.15, 0.2) is 24.3 Å². The summed E-state index contributed by atoms with van der Waals surface area (Å²) >= 11 is 0. The quantitative estimate of drug-likeness (QED) is 0.808. The fourth-order valence-corrected chi connectivity index (χ4v) is 2.85. The molecule has 0 amide bonds. The molecule has 1 aromatic rings. The standard InChI is InChI=1S/C15H23NO/c1-12(2)17-11-15(9-5-6-10-15)13-7-3-4-8-14(13)16/h3-4,7-8,12H,5-6,9-11,16H2,1-2H3. The van der Waals surface area contributed by atoms with Gasteiger partial charge in [-0.05, 0) is 38.3 Å². The zero-order valence-electron chi connectivity index (χ0n) is 10.9. The summed E-state index contributed by atoms with van der Waals surface area (Å²) in [7, 11) is 0. The van der Waals surface area contributed by atoms with Crippen molar-refractivity contribution in [3.05, 3.63) is 29.8 Å². The average molecular weight is 233 g/mol. The minimum atomic E-state index is 0.162. The van der Waals surface area contributed by atoms with Crippen molar-refractivity contribution in [2.24, 2.45) is 0 Å². The van der Waals surface area contributed by atoms with Crippen LogP contribution in [0.2, 0.25) is 0 Å². The molecule has 17 heavy (non-hydrogen) atoms. The van der Waals surface area contributed by atoms with E-state index in [-0.39, 0.29) is 11.5 Å². The largest absolute Gasteiger partial charge is 0.398 e. The topological polar surface area (TPSA) is 35.2 Å². The van der Waals surface area contributed by atoms with E-state index in [0.29, 0.717) is 0 Å². The van der Waals surface area contributed by atoms with Crippen LogP contribution in [0.1, 0.15) is 45.1 Å². The summed E-state index contributed by atoms with van der Waals surface area (Å²) in [5.74, 6) is 0. The van der Waals surface area contributed by atoms with Gasteiger partial charge in [-0.3, -0.25) is 0 Å². The number of nitrogen functional groups attached to an aromatic ring is 1. The Bertz CT molecular complexity index is 367. The van der Waals surface area contributed by atoms with Gasteiger partial charge in [-0.2, -0.15) is 0 Å². The predicted molar refractivity (Wildman–Crippen MR) is 72.1 cm³/mol. The molecule has 0 aliphatic heterocycles. The highest BCUT2D eigenvalue weighted by Crippen LogP contribution is 2.43. The Labute approximate surface area is 104 Å². The molecule has 0 atom stereocenters. The van der Waals surface area contributed by atoms with Gasteiger partial charge in [0, 0.05) is 11.1 Å². The van der Waals surface area contributed by atoms with Gasteiger partial charge >= 0.3 is 0 Å². The number of benzene rings is 1. The van der Waals surface area contributed by atoms with Gasteiger partial charge in [0.2, 0.25) is 0 Å². The SMILES string of the molecule is CC(C)OCC1(c2ccccc2N)CCCC1. The van der Waals surface area contributed by atoms with E-state index in [4.69, 9.17) is 10.5 Å². The highest BCUT2D eigenvalue weighted by Gasteiger charge is 2.37. The second kappa shape index (κ2) is 5.09. The fourth-order valence-electron chi connectivity index (χ4n) is 2.85. The molecule has 2 rings (SSSR count). The van der Waals surface area contributed by atoms with Gasteiger partial charge in [-0.15, -0.1) is 0 Å². The molecule has 1 fully saturated rings. The molecule has 1 aliphatic rings. The maximum atomic E-state index is 6.14. The molecule has 2 nitrogen and oxygen atoms in total. The number of rotatable bonds is 4. The van der Waals surface area contributed by atoms with E-state index in [9.17, 15) is 0 Å². The van der Waals surface area contributed by atoms with E-state index < -0.39 is 0 Å². The molecule has 1 aliphatic carbocycles. The first-order valence-electron chi connectivity index (χ1n) is 6.61. The monoisotopic (exact) mass is 233 g/mol. The zero-order chi connectivity index (χ0) is 12.3. The van der Waals surface area contributed by atoms with E-state index in [1.807, 2.05) is 12.1 Å². The summed E-state index contributed by atoms with van der Waals surface area (Å²) in [6.07, 6.45) is 5.27. The highest BCUT2D eigenvalue weighted by atomic mass is 16.5. The first-order valence-corrected chi connectivity index (χ1v) is 6.61. The average Bonchev–Trinajstić information content (AvgIpc) is 2.77. The number of nitrogens with two attached hydrogens (primary N) is 1. The fraction of sp³-hybridized carbons (Fsp3) is 0.600. The summed E-state index contributed by atoms with van der Waals surface area (Å²) in [5, 5.41) is 0. The number of hydrogen-bond acceptors (Lipinski definition) is 2. The third-order valence-corrected chi connectivity index (χ3v) is 3.79. The molecule has 2 heteroatoms. The summed E-state index contributed by atoms with van der Waals surface area (Å²) in [6.45, 7) is 4.99. The molecule has 0 heterocycles. The molecule has 0 saturated heterocycles. The molecular weight excluding hydrogens is 210 g/mol.